The van der Waals surface area contributed by atoms with Crippen LogP contribution in [0.3, 0.4) is 0 Å². The molecule has 0 radical (unpaired) electrons. The highest BCUT2D eigenvalue weighted by Gasteiger charge is 2.08. The summed E-state index contributed by atoms with van der Waals surface area (Å²) < 4.78 is 2.53. The Kier molecular flexibility index (Phi) is 1.90. The second-order valence-corrected chi connectivity index (χ2v) is 5.01. The average molecular weight is 231 g/mol. The van der Waals surface area contributed by atoms with Crippen LogP contribution in [0.15, 0.2) is 41.3 Å². The Morgan fingerprint density at radius 2 is 1.80 bits per heavy atom. The second kappa shape index (κ2) is 3.15. The number of nitrogens with two attached hydrogens (primary N) is 1. The molecular formula is C12H9NS2. The number of thiophene rings is 1. The Morgan fingerprint density at radius 1 is 1.00 bits per heavy atom. The van der Waals surface area contributed by atoms with Crippen LogP contribution in [0.25, 0.3) is 20.2 Å². The van der Waals surface area contributed by atoms with Crippen LogP contribution in [0.4, 0.5) is 5.69 Å². The number of benzene rings is 2. The van der Waals surface area contributed by atoms with Crippen LogP contribution in [0.1, 0.15) is 0 Å². The molecule has 0 spiro atoms. The van der Waals surface area contributed by atoms with Crippen molar-refractivity contribution in [3.05, 3.63) is 36.4 Å². The zero-order valence-electron chi connectivity index (χ0n) is 7.90. The van der Waals surface area contributed by atoms with Gasteiger partial charge in [0.05, 0.1) is 0 Å². The number of hydrogen-bond acceptors (Lipinski definition) is 3. The molecule has 3 heteroatoms. The molecule has 74 valence electrons. The molecule has 0 bridgehead atoms. The van der Waals surface area contributed by atoms with E-state index in [2.05, 4.69) is 36.9 Å². The fourth-order valence-electron chi connectivity index (χ4n) is 1.81. The lowest BCUT2D eigenvalue weighted by atomic mass is 10.1. The molecule has 0 saturated heterocycles. The van der Waals surface area contributed by atoms with Gasteiger partial charge in [-0.15, -0.1) is 24.0 Å². The summed E-state index contributed by atoms with van der Waals surface area (Å²) in [5, 5.41) is 2.42. The van der Waals surface area contributed by atoms with E-state index in [1.165, 1.54) is 20.2 Å². The van der Waals surface area contributed by atoms with Crippen LogP contribution in [0, 0.1) is 0 Å². The summed E-state index contributed by atoms with van der Waals surface area (Å²) in [5.74, 6) is 0. The van der Waals surface area contributed by atoms with E-state index in [0.29, 0.717) is 0 Å². The van der Waals surface area contributed by atoms with Crippen LogP contribution >= 0.6 is 24.0 Å². The highest BCUT2D eigenvalue weighted by molar-refractivity contribution is 7.80. The second-order valence-electron chi connectivity index (χ2n) is 3.47. The van der Waals surface area contributed by atoms with Gasteiger partial charge in [-0.05, 0) is 18.2 Å². The summed E-state index contributed by atoms with van der Waals surface area (Å²) in [6.45, 7) is 0. The van der Waals surface area contributed by atoms with E-state index in [0.717, 1.165) is 10.6 Å². The summed E-state index contributed by atoms with van der Waals surface area (Å²) in [6, 6.07) is 12.3. The van der Waals surface area contributed by atoms with Crippen molar-refractivity contribution in [2.45, 2.75) is 4.90 Å². The third kappa shape index (κ3) is 1.24. The first kappa shape index (κ1) is 9.07. The third-order valence-electron chi connectivity index (χ3n) is 2.55. The van der Waals surface area contributed by atoms with E-state index >= 15 is 0 Å². The van der Waals surface area contributed by atoms with Gasteiger partial charge >= 0.3 is 0 Å². The van der Waals surface area contributed by atoms with Crippen LogP contribution in [0.5, 0.6) is 0 Å². The van der Waals surface area contributed by atoms with E-state index in [1.807, 2.05) is 12.1 Å². The van der Waals surface area contributed by atoms with Gasteiger partial charge in [-0.1, -0.05) is 18.2 Å². The maximum absolute atomic E-state index is 5.86. The Balaban J connectivity index is 2.63. The number of hydrogen-bond donors (Lipinski definition) is 2. The Bertz CT molecular complexity index is 655. The van der Waals surface area contributed by atoms with Crippen LogP contribution in [0.2, 0.25) is 0 Å². The van der Waals surface area contributed by atoms with E-state index < -0.39 is 0 Å². The minimum Gasteiger partial charge on any atom is -0.398 e. The molecule has 0 unspecified atom stereocenters. The molecule has 1 aromatic heterocycles. The monoisotopic (exact) mass is 231 g/mol. The lowest BCUT2D eigenvalue weighted by Crippen LogP contribution is -1.85. The topological polar surface area (TPSA) is 26.0 Å². The first-order chi connectivity index (χ1) is 7.27. The summed E-state index contributed by atoms with van der Waals surface area (Å²) in [6.07, 6.45) is 0. The number of thiol groups is 1. The molecule has 0 saturated carbocycles. The maximum atomic E-state index is 5.86. The van der Waals surface area contributed by atoms with Gasteiger partial charge in [0.15, 0.2) is 0 Å². The van der Waals surface area contributed by atoms with Crippen molar-refractivity contribution in [3.8, 4) is 0 Å². The smallest absolute Gasteiger partial charge is 0.0457 e. The predicted octanol–water partition coefficient (Wildman–Crippen LogP) is 3.93. The SMILES string of the molecule is Nc1ccc2sc3ccccc3c2c1S. The van der Waals surface area contributed by atoms with E-state index in [1.54, 1.807) is 11.3 Å². The van der Waals surface area contributed by atoms with Crippen molar-refractivity contribution in [1.82, 2.24) is 0 Å². The first-order valence-corrected chi connectivity index (χ1v) is 5.92. The Hall–Kier alpha value is -1.19. The molecular weight excluding hydrogens is 222 g/mol. The summed E-state index contributed by atoms with van der Waals surface area (Å²) >= 11 is 6.27. The molecule has 0 atom stereocenters. The lowest BCUT2D eigenvalue weighted by Gasteiger charge is -2.00. The molecule has 15 heavy (non-hydrogen) atoms. The molecule has 2 N–H and O–H groups in total. The van der Waals surface area contributed by atoms with E-state index in [9.17, 15) is 0 Å². The van der Waals surface area contributed by atoms with Gasteiger partial charge in [0.2, 0.25) is 0 Å². The van der Waals surface area contributed by atoms with Crippen molar-refractivity contribution in [1.29, 1.82) is 0 Å². The molecule has 0 aliphatic heterocycles. The molecule has 0 aliphatic rings. The van der Waals surface area contributed by atoms with Crippen molar-refractivity contribution in [3.63, 3.8) is 0 Å². The fourth-order valence-corrected chi connectivity index (χ4v) is 3.32. The molecule has 0 fully saturated rings. The number of rotatable bonds is 0. The summed E-state index contributed by atoms with van der Waals surface area (Å²) in [5.41, 5.74) is 6.61. The Morgan fingerprint density at radius 3 is 2.67 bits per heavy atom. The minimum absolute atomic E-state index is 0.745. The highest BCUT2D eigenvalue weighted by Crippen LogP contribution is 2.39. The maximum Gasteiger partial charge on any atom is 0.0457 e. The van der Waals surface area contributed by atoms with Crippen molar-refractivity contribution in [2.75, 3.05) is 5.73 Å². The zero-order chi connectivity index (χ0) is 10.4. The molecule has 3 rings (SSSR count). The van der Waals surface area contributed by atoms with Gasteiger partial charge in [-0.2, -0.15) is 0 Å². The van der Waals surface area contributed by atoms with Crippen molar-refractivity contribution < 1.29 is 0 Å². The minimum atomic E-state index is 0.745. The fraction of sp³-hybridized carbons (Fsp3) is 0. The van der Waals surface area contributed by atoms with Crippen LogP contribution < -0.4 is 5.73 Å². The van der Waals surface area contributed by atoms with Gasteiger partial charge < -0.3 is 5.73 Å². The van der Waals surface area contributed by atoms with Gasteiger partial charge in [0.1, 0.15) is 0 Å². The van der Waals surface area contributed by atoms with Gasteiger partial charge in [-0.3, -0.25) is 0 Å². The average Bonchev–Trinajstić information content (AvgIpc) is 2.62. The zero-order valence-corrected chi connectivity index (χ0v) is 9.61. The van der Waals surface area contributed by atoms with E-state index in [4.69, 9.17) is 5.73 Å². The van der Waals surface area contributed by atoms with Crippen LogP contribution in [-0.4, -0.2) is 0 Å². The molecule has 1 nitrogen and oxygen atoms in total. The molecule has 0 amide bonds. The normalized spacial score (nSPS) is 11.3. The predicted molar refractivity (Wildman–Crippen MR) is 71.0 cm³/mol. The number of fused-ring (bicyclic) bond motifs is 3. The van der Waals surface area contributed by atoms with E-state index in [-0.39, 0.29) is 0 Å². The first-order valence-electron chi connectivity index (χ1n) is 4.66. The standard InChI is InChI=1S/C12H9NS2/c13-8-5-6-10-11(12(8)14)7-3-1-2-4-9(7)15-10/h1-6,14H,13H2. The number of nitrogen functional groups attached to an aromatic ring is 1. The largest absolute Gasteiger partial charge is 0.398 e. The Labute approximate surface area is 96.9 Å². The molecule has 2 aromatic carbocycles. The van der Waals surface area contributed by atoms with Gasteiger partial charge in [0.25, 0.3) is 0 Å². The third-order valence-corrected chi connectivity index (χ3v) is 4.17. The van der Waals surface area contributed by atoms with Crippen molar-refractivity contribution >= 4 is 49.8 Å². The highest BCUT2D eigenvalue weighted by atomic mass is 32.1. The molecule has 3 aromatic rings. The molecule has 1 heterocycles. The number of anilines is 1. The van der Waals surface area contributed by atoms with Gasteiger partial charge in [-0.25, -0.2) is 0 Å². The van der Waals surface area contributed by atoms with Crippen molar-refractivity contribution in [2.24, 2.45) is 0 Å². The lowest BCUT2D eigenvalue weighted by molar-refractivity contribution is 1.58. The van der Waals surface area contributed by atoms with Crippen LogP contribution in [-0.2, 0) is 0 Å². The molecule has 0 aliphatic carbocycles. The summed E-state index contributed by atoms with van der Waals surface area (Å²) in [4.78, 5) is 0.893. The van der Waals surface area contributed by atoms with Gasteiger partial charge in [0, 0.05) is 30.8 Å². The quantitative estimate of drug-likeness (QED) is 0.445. The summed E-state index contributed by atoms with van der Waals surface area (Å²) in [7, 11) is 0.